The van der Waals surface area contributed by atoms with Gasteiger partial charge in [0.2, 0.25) is 5.91 Å². The number of rotatable bonds is 3. The minimum atomic E-state index is -0.110. The standard InChI is InChI=1S/C17H23N3O2/c1-19-10-8-13-9-11-20(17(22)16(13)19)12-15(21)18-14-6-4-2-3-5-7-14/h8-11,14H,2-7,12H2,1H3,(H,18,21). The molecule has 1 fully saturated rings. The molecule has 2 aromatic rings. The molecule has 2 heterocycles. The van der Waals surface area contributed by atoms with Gasteiger partial charge in [-0.1, -0.05) is 25.7 Å². The van der Waals surface area contributed by atoms with Gasteiger partial charge in [0.25, 0.3) is 5.56 Å². The molecule has 0 radical (unpaired) electrons. The van der Waals surface area contributed by atoms with E-state index in [2.05, 4.69) is 5.32 Å². The van der Waals surface area contributed by atoms with Crippen LogP contribution in [0.4, 0.5) is 0 Å². The predicted molar refractivity (Wildman–Crippen MR) is 86.8 cm³/mol. The number of hydrogen-bond acceptors (Lipinski definition) is 2. The van der Waals surface area contributed by atoms with Crippen molar-refractivity contribution in [2.45, 2.75) is 51.1 Å². The SMILES string of the molecule is Cn1ccc2ccn(CC(=O)NC3CCCCCC3)c(=O)c21. The minimum Gasteiger partial charge on any atom is -0.352 e. The van der Waals surface area contributed by atoms with Crippen molar-refractivity contribution in [1.29, 1.82) is 0 Å². The lowest BCUT2D eigenvalue weighted by atomic mass is 10.1. The van der Waals surface area contributed by atoms with Crippen LogP contribution >= 0.6 is 0 Å². The largest absolute Gasteiger partial charge is 0.352 e. The zero-order valence-corrected chi connectivity index (χ0v) is 13.0. The molecule has 0 atom stereocenters. The molecule has 118 valence electrons. The van der Waals surface area contributed by atoms with Crippen LogP contribution in [0.1, 0.15) is 38.5 Å². The van der Waals surface area contributed by atoms with Crippen LogP contribution in [0, 0.1) is 0 Å². The van der Waals surface area contributed by atoms with Crippen molar-refractivity contribution in [2.24, 2.45) is 7.05 Å². The molecule has 5 nitrogen and oxygen atoms in total. The normalized spacial score (nSPS) is 16.6. The van der Waals surface area contributed by atoms with Gasteiger partial charge in [0, 0.05) is 30.9 Å². The monoisotopic (exact) mass is 301 g/mol. The third-order valence-electron chi connectivity index (χ3n) is 4.54. The maximum Gasteiger partial charge on any atom is 0.275 e. The minimum absolute atomic E-state index is 0.0671. The van der Waals surface area contributed by atoms with Crippen molar-refractivity contribution >= 4 is 16.8 Å². The number of nitrogens with zero attached hydrogens (tertiary/aromatic N) is 2. The van der Waals surface area contributed by atoms with Gasteiger partial charge < -0.3 is 14.5 Å². The molecule has 1 saturated carbocycles. The Morgan fingerprint density at radius 3 is 2.59 bits per heavy atom. The van der Waals surface area contributed by atoms with Crippen LogP contribution < -0.4 is 10.9 Å². The molecule has 1 N–H and O–H groups in total. The molecule has 3 rings (SSSR count). The summed E-state index contributed by atoms with van der Waals surface area (Å²) in [7, 11) is 1.85. The number of fused-ring (bicyclic) bond motifs is 1. The summed E-state index contributed by atoms with van der Waals surface area (Å²) in [6.45, 7) is 0.0937. The fourth-order valence-corrected chi connectivity index (χ4v) is 3.31. The Bertz CT molecular complexity index is 721. The average molecular weight is 301 g/mol. The van der Waals surface area contributed by atoms with Gasteiger partial charge in [-0.15, -0.1) is 0 Å². The van der Waals surface area contributed by atoms with Gasteiger partial charge in [-0.3, -0.25) is 9.59 Å². The Morgan fingerprint density at radius 2 is 1.86 bits per heavy atom. The first-order valence-corrected chi connectivity index (χ1v) is 8.09. The predicted octanol–water partition coefficient (Wildman–Crippen LogP) is 2.18. The second-order valence-corrected chi connectivity index (χ2v) is 6.24. The van der Waals surface area contributed by atoms with Crippen LogP contribution in [-0.2, 0) is 18.4 Å². The highest BCUT2D eigenvalue weighted by atomic mass is 16.2. The number of hydrogen-bond donors (Lipinski definition) is 1. The summed E-state index contributed by atoms with van der Waals surface area (Å²) < 4.78 is 3.30. The maximum absolute atomic E-state index is 12.5. The van der Waals surface area contributed by atoms with E-state index in [1.54, 1.807) is 10.8 Å². The van der Waals surface area contributed by atoms with Crippen molar-refractivity contribution < 1.29 is 4.79 Å². The number of carbonyl (C=O) groups excluding carboxylic acids is 1. The van der Waals surface area contributed by atoms with Gasteiger partial charge in [-0.25, -0.2) is 0 Å². The molecule has 0 aliphatic heterocycles. The number of aryl methyl sites for hydroxylation is 1. The molecule has 5 heteroatoms. The third-order valence-corrected chi connectivity index (χ3v) is 4.54. The summed E-state index contributed by atoms with van der Waals surface area (Å²) in [4.78, 5) is 24.7. The molecule has 1 aliphatic rings. The third kappa shape index (κ3) is 3.08. The number of nitrogens with one attached hydrogen (secondary N) is 1. The molecule has 0 aromatic carbocycles. The smallest absolute Gasteiger partial charge is 0.275 e. The molecule has 1 amide bonds. The summed E-state index contributed by atoms with van der Waals surface area (Å²) >= 11 is 0. The lowest BCUT2D eigenvalue weighted by molar-refractivity contribution is -0.122. The summed E-state index contributed by atoms with van der Waals surface area (Å²) in [6.07, 6.45) is 10.6. The second kappa shape index (κ2) is 6.38. The van der Waals surface area contributed by atoms with Crippen molar-refractivity contribution in [3.63, 3.8) is 0 Å². The summed E-state index contributed by atoms with van der Waals surface area (Å²) in [5.74, 6) is -0.0671. The summed E-state index contributed by atoms with van der Waals surface area (Å²) in [6, 6.07) is 4.06. The number of amides is 1. The number of pyridine rings is 1. The highest BCUT2D eigenvalue weighted by Crippen LogP contribution is 2.17. The van der Waals surface area contributed by atoms with Crippen molar-refractivity contribution in [3.8, 4) is 0 Å². The Balaban J connectivity index is 1.72. The van der Waals surface area contributed by atoms with E-state index in [1.807, 2.05) is 25.4 Å². The van der Waals surface area contributed by atoms with Crippen molar-refractivity contribution in [2.75, 3.05) is 0 Å². The van der Waals surface area contributed by atoms with Crippen LogP contribution in [0.3, 0.4) is 0 Å². The molecular formula is C17H23N3O2. The molecular weight excluding hydrogens is 278 g/mol. The number of carbonyl (C=O) groups is 1. The highest BCUT2D eigenvalue weighted by Gasteiger charge is 2.15. The molecule has 22 heavy (non-hydrogen) atoms. The molecule has 0 saturated heterocycles. The van der Waals surface area contributed by atoms with Crippen molar-refractivity contribution in [3.05, 3.63) is 34.9 Å². The van der Waals surface area contributed by atoms with Crippen LogP contribution in [0.15, 0.2) is 29.3 Å². The van der Waals surface area contributed by atoms with E-state index < -0.39 is 0 Å². The number of aromatic nitrogens is 2. The Morgan fingerprint density at radius 1 is 1.18 bits per heavy atom. The first kappa shape index (κ1) is 14.9. The molecule has 0 unspecified atom stereocenters. The molecule has 1 aliphatic carbocycles. The Labute approximate surface area is 129 Å². The zero-order chi connectivity index (χ0) is 15.5. The molecule has 0 spiro atoms. The average Bonchev–Trinajstić information content (AvgIpc) is 2.71. The Hall–Kier alpha value is -2.04. The van der Waals surface area contributed by atoms with Crippen LogP contribution in [0.2, 0.25) is 0 Å². The van der Waals surface area contributed by atoms with Gasteiger partial charge in [-0.2, -0.15) is 0 Å². The van der Waals surface area contributed by atoms with Gasteiger partial charge >= 0.3 is 0 Å². The van der Waals surface area contributed by atoms with Gasteiger partial charge in [0.1, 0.15) is 12.1 Å². The van der Waals surface area contributed by atoms with E-state index in [1.165, 1.54) is 30.3 Å². The van der Waals surface area contributed by atoms with Gasteiger partial charge in [-0.05, 0) is 25.0 Å². The summed E-state index contributed by atoms with van der Waals surface area (Å²) in [5, 5.41) is 4.00. The summed E-state index contributed by atoms with van der Waals surface area (Å²) in [5.41, 5.74) is 0.533. The molecule has 0 bridgehead atoms. The lowest BCUT2D eigenvalue weighted by Gasteiger charge is -2.16. The lowest BCUT2D eigenvalue weighted by Crippen LogP contribution is -2.38. The van der Waals surface area contributed by atoms with E-state index >= 15 is 0 Å². The van der Waals surface area contributed by atoms with Crippen molar-refractivity contribution in [1.82, 2.24) is 14.5 Å². The van der Waals surface area contributed by atoms with E-state index in [0.717, 1.165) is 18.2 Å². The first-order chi connectivity index (χ1) is 10.6. The van der Waals surface area contributed by atoms with Crippen LogP contribution in [-0.4, -0.2) is 21.1 Å². The van der Waals surface area contributed by atoms with E-state index in [4.69, 9.17) is 0 Å². The zero-order valence-electron chi connectivity index (χ0n) is 13.0. The van der Waals surface area contributed by atoms with E-state index in [-0.39, 0.29) is 24.1 Å². The van der Waals surface area contributed by atoms with Crippen LogP contribution in [0.25, 0.3) is 10.9 Å². The van der Waals surface area contributed by atoms with Gasteiger partial charge in [0.15, 0.2) is 0 Å². The van der Waals surface area contributed by atoms with Crippen LogP contribution in [0.5, 0.6) is 0 Å². The van der Waals surface area contributed by atoms with E-state index in [0.29, 0.717) is 5.52 Å². The van der Waals surface area contributed by atoms with E-state index in [9.17, 15) is 9.59 Å². The van der Waals surface area contributed by atoms with Gasteiger partial charge in [0.05, 0.1) is 0 Å². The maximum atomic E-state index is 12.5. The fourth-order valence-electron chi connectivity index (χ4n) is 3.31. The second-order valence-electron chi connectivity index (χ2n) is 6.24. The fraction of sp³-hybridized carbons (Fsp3) is 0.529. The quantitative estimate of drug-likeness (QED) is 0.883. The Kier molecular flexibility index (Phi) is 4.32. The highest BCUT2D eigenvalue weighted by molar-refractivity contribution is 5.80. The molecule has 2 aromatic heterocycles. The first-order valence-electron chi connectivity index (χ1n) is 8.09. The topological polar surface area (TPSA) is 56.0 Å².